The third-order valence-electron chi connectivity index (χ3n) is 3.91. The zero-order chi connectivity index (χ0) is 13.3. The summed E-state index contributed by atoms with van der Waals surface area (Å²) < 4.78 is 6.87. The van der Waals surface area contributed by atoms with E-state index in [1.54, 1.807) is 0 Å². The molecule has 0 aromatic heterocycles. The lowest BCUT2D eigenvalue weighted by atomic mass is 9.96. The molecule has 1 aliphatic rings. The lowest BCUT2D eigenvalue weighted by Crippen LogP contribution is -2.21. The van der Waals surface area contributed by atoms with E-state index >= 15 is 0 Å². The van der Waals surface area contributed by atoms with Crippen molar-refractivity contribution < 1.29 is 4.74 Å². The molecule has 2 rings (SSSR count). The highest BCUT2D eigenvalue weighted by molar-refractivity contribution is 9.10. The smallest absolute Gasteiger partial charge is 0.124 e. The van der Waals surface area contributed by atoms with Crippen molar-refractivity contribution in [3.05, 3.63) is 28.2 Å². The largest absolute Gasteiger partial charge is 0.494 e. The van der Waals surface area contributed by atoms with Crippen LogP contribution in [0.3, 0.4) is 0 Å². The van der Waals surface area contributed by atoms with Crippen LogP contribution >= 0.6 is 15.9 Å². The molecular weight excluding hydrogens is 290 g/mol. The minimum Gasteiger partial charge on any atom is -0.494 e. The monoisotopic (exact) mass is 311 g/mol. The number of nitrogens with one attached hydrogen (secondary N) is 1. The first-order valence-electron chi connectivity index (χ1n) is 6.59. The second-order valence-electron chi connectivity index (χ2n) is 5.68. The van der Waals surface area contributed by atoms with E-state index in [1.807, 2.05) is 20.0 Å². The summed E-state index contributed by atoms with van der Waals surface area (Å²) in [5.74, 6) is 1.69. The van der Waals surface area contributed by atoms with Crippen LogP contribution in [0.1, 0.15) is 38.8 Å². The van der Waals surface area contributed by atoms with Crippen LogP contribution in [-0.4, -0.2) is 13.7 Å². The molecule has 1 aromatic rings. The van der Waals surface area contributed by atoms with Crippen molar-refractivity contribution in [3.63, 3.8) is 0 Å². The van der Waals surface area contributed by atoms with Gasteiger partial charge in [-0.1, -0.05) is 29.8 Å². The molecule has 100 valence electrons. The van der Waals surface area contributed by atoms with E-state index in [0.717, 1.165) is 10.2 Å². The molecule has 0 aliphatic heterocycles. The fourth-order valence-corrected chi connectivity index (χ4v) is 3.08. The van der Waals surface area contributed by atoms with E-state index in [9.17, 15) is 0 Å². The van der Waals surface area contributed by atoms with Crippen LogP contribution in [-0.2, 0) is 0 Å². The lowest BCUT2D eigenvalue weighted by molar-refractivity contribution is 0.326. The number of ether oxygens (including phenoxy) is 1. The van der Waals surface area contributed by atoms with Crippen molar-refractivity contribution in [2.45, 2.75) is 33.2 Å². The Labute approximate surface area is 118 Å². The highest BCUT2D eigenvalue weighted by atomic mass is 79.9. The summed E-state index contributed by atoms with van der Waals surface area (Å²) >= 11 is 3.56. The number of hydrogen-bond acceptors (Lipinski definition) is 2. The first-order valence-corrected chi connectivity index (χ1v) is 7.38. The molecule has 18 heavy (non-hydrogen) atoms. The molecule has 0 bridgehead atoms. The van der Waals surface area contributed by atoms with Gasteiger partial charge < -0.3 is 10.1 Å². The summed E-state index contributed by atoms with van der Waals surface area (Å²) in [6.45, 7) is 7.40. The fraction of sp³-hybridized carbons (Fsp3) is 0.600. The summed E-state index contributed by atoms with van der Waals surface area (Å²) in [4.78, 5) is 0. The molecule has 2 atom stereocenters. The SMILES string of the molecule is CCOc1ccc(Br)cc1C(NC)C1CC1(C)C. The molecule has 0 spiro atoms. The number of hydrogen-bond donors (Lipinski definition) is 1. The van der Waals surface area contributed by atoms with Crippen LogP contribution < -0.4 is 10.1 Å². The Morgan fingerprint density at radius 2 is 2.17 bits per heavy atom. The quantitative estimate of drug-likeness (QED) is 0.882. The van der Waals surface area contributed by atoms with E-state index in [2.05, 4.69) is 47.2 Å². The Hall–Kier alpha value is -0.540. The molecule has 1 fully saturated rings. The van der Waals surface area contributed by atoms with Gasteiger partial charge >= 0.3 is 0 Å². The van der Waals surface area contributed by atoms with Crippen LogP contribution in [0.4, 0.5) is 0 Å². The lowest BCUT2D eigenvalue weighted by Gasteiger charge is -2.22. The summed E-state index contributed by atoms with van der Waals surface area (Å²) in [6, 6.07) is 6.65. The van der Waals surface area contributed by atoms with Crippen molar-refractivity contribution in [1.82, 2.24) is 5.32 Å². The van der Waals surface area contributed by atoms with Gasteiger partial charge in [0.2, 0.25) is 0 Å². The molecule has 1 aliphatic carbocycles. The minimum atomic E-state index is 0.374. The number of rotatable bonds is 5. The normalized spacial score (nSPS) is 22.6. The zero-order valence-electron chi connectivity index (χ0n) is 11.6. The second kappa shape index (κ2) is 5.22. The van der Waals surface area contributed by atoms with Crippen LogP contribution in [0, 0.1) is 11.3 Å². The van der Waals surface area contributed by atoms with Crippen LogP contribution in [0.2, 0.25) is 0 Å². The predicted molar refractivity (Wildman–Crippen MR) is 79.0 cm³/mol. The van der Waals surface area contributed by atoms with E-state index in [1.165, 1.54) is 12.0 Å². The number of halogens is 1. The molecule has 1 N–H and O–H groups in total. The molecule has 1 saturated carbocycles. The third kappa shape index (κ3) is 2.72. The van der Waals surface area contributed by atoms with Crippen molar-refractivity contribution >= 4 is 15.9 Å². The van der Waals surface area contributed by atoms with E-state index in [0.29, 0.717) is 24.0 Å². The summed E-state index contributed by atoms with van der Waals surface area (Å²) in [5, 5.41) is 3.46. The fourth-order valence-electron chi connectivity index (χ4n) is 2.70. The second-order valence-corrected chi connectivity index (χ2v) is 6.60. The first-order chi connectivity index (χ1) is 8.49. The topological polar surface area (TPSA) is 21.3 Å². The molecule has 2 unspecified atom stereocenters. The maximum absolute atomic E-state index is 5.76. The summed E-state index contributed by atoms with van der Waals surface area (Å²) in [5.41, 5.74) is 1.71. The standard InChI is InChI=1S/C15H22BrNO/c1-5-18-13-7-6-10(16)8-11(13)14(17-4)12-9-15(12,2)3/h6-8,12,14,17H,5,9H2,1-4H3. The summed E-state index contributed by atoms with van der Waals surface area (Å²) in [6.07, 6.45) is 1.27. The van der Waals surface area contributed by atoms with Crippen molar-refractivity contribution in [1.29, 1.82) is 0 Å². The van der Waals surface area contributed by atoms with Crippen LogP contribution in [0.15, 0.2) is 22.7 Å². The Bertz CT molecular complexity index is 431. The maximum Gasteiger partial charge on any atom is 0.124 e. The van der Waals surface area contributed by atoms with Gasteiger partial charge in [0.05, 0.1) is 6.61 Å². The van der Waals surface area contributed by atoms with Gasteiger partial charge in [-0.15, -0.1) is 0 Å². The Morgan fingerprint density at radius 1 is 1.50 bits per heavy atom. The molecular formula is C15H22BrNO. The molecule has 2 nitrogen and oxygen atoms in total. The van der Waals surface area contributed by atoms with Gasteiger partial charge in [0.1, 0.15) is 5.75 Å². The molecule has 0 radical (unpaired) electrons. The predicted octanol–water partition coefficient (Wildman–Crippen LogP) is 4.15. The highest BCUT2D eigenvalue weighted by Crippen LogP contribution is 2.58. The molecule has 3 heteroatoms. The highest BCUT2D eigenvalue weighted by Gasteiger charge is 2.50. The van der Waals surface area contributed by atoms with Crippen LogP contribution in [0.25, 0.3) is 0 Å². The van der Waals surface area contributed by atoms with E-state index in [4.69, 9.17) is 4.74 Å². The molecule has 0 heterocycles. The van der Waals surface area contributed by atoms with Gasteiger partial charge in [0.25, 0.3) is 0 Å². The molecule has 0 amide bonds. The Balaban J connectivity index is 2.32. The van der Waals surface area contributed by atoms with Gasteiger partial charge in [0, 0.05) is 16.1 Å². The van der Waals surface area contributed by atoms with Crippen molar-refractivity contribution in [2.24, 2.45) is 11.3 Å². The average molecular weight is 312 g/mol. The minimum absolute atomic E-state index is 0.374. The van der Waals surface area contributed by atoms with Gasteiger partial charge in [-0.05, 0) is 49.9 Å². The van der Waals surface area contributed by atoms with E-state index < -0.39 is 0 Å². The number of benzene rings is 1. The third-order valence-corrected chi connectivity index (χ3v) is 4.40. The average Bonchev–Trinajstić information content (AvgIpc) is 2.92. The van der Waals surface area contributed by atoms with Crippen molar-refractivity contribution in [3.8, 4) is 5.75 Å². The van der Waals surface area contributed by atoms with Crippen molar-refractivity contribution in [2.75, 3.05) is 13.7 Å². The molecule has 0 saturated heterocycles. The van der Waals surface area contributed by atoms with Gasteiger partial charge in [0.15, 0.2) is 0 Å². The summed E-state index contributed by atoms with van der Waals surface area (Å²) in [7, 11) is 2.04. The van der Waals surface area contributed by atoms with E-state index in [-0.39, 0.29) is 0 Å². The van der Waals surface area contributed by atoms with Gasteiger partial charge in [-0.2, -0.15) is 0 Å². The van der Waals surface area contributed by atoms with Crippen LogP contribution in [0.5, 0.6) is 5.75 Å². The van der Waals surface area contributed by atoms with Gasteiger partial charge in [-0.3, -0.25) is 0 Å². The Kier molecular flexibility index (Phi) is 4.02. The zero-order valence-corrected chi connectivity index (χ0v) is 13.2. The van der Waals surface area contributed by atoms with Gasteiger partial charge in [-0.25, -0.2) is 0 Å². The maximum atomic E-state index is 5.76. The Morgan fingerprint density at radius 3 is 2.67 bits per heavy atom. The first kappa shape index (κ1) is 13.9. The molecule has 1 aromatic carbocycles.